The van der Waals surface area contributed by atoms with Crippen molar-refractivity contribution in [2.45, 2.75) is 46.4 Å². The minimum atomic E-state index is -0.231. The third kappa shape index (κ3) is 4.00. The van der Waals surface area contributed by atoms with Gasteiger partial charge in [0.2, 0.25) is 11.8 Å². The number of carbonyl (C=O) groups is 2. The Morgan fingerprint density at radius 2 is 2.00 bits per heavy atom. The first-order valence-electron chi connectivity index (χ1n) is 12.6. The second-order valence-corrected chi connectivity index (χ2v) is 11.3. The number of hydrogen-bond donors (Lipinski definition) is 1. The number of amides is 2. The Hall–Kier alpha value is -3.01. The van der Waals surface area contributed by atoms with Crippen molar-refractivity contribution in [2.75, 3.05) is 19.7 Å². The van der Waals surface area contributed by atoms with E-state index in [0.717, 1.165) is 35.3 Å². The molecule has 2 aliphatic heterocycles. The number of aryl methyl sites for hydroxylation is 1. The Morgan fingerprint density at radius 3 is 2.70 bits per heavy atom. The average molecular weight is 524 g/mol. The molecular weight excluding hydrogens is 494 g/mol. The van der Waals surface area contributed by atoms with E-state index in [-0.39, 0.29) is 47.8 Å². The number of ether oxygens (including phenoxy) is 2. The number of likely N-dealkylation sites (tertiary alicyclic amines) is 1. The number of carbonyl (C=O) groups excluding carboxylic acids is 2. The van der Waals surface area contributed by atoms with Crippen LogP contribution >= 0.6 is 11.6 Å². The number of aromatic nitrogens is 3. The van der Waals surface area contributed by atoms with Crippen molar-refractivity contribution in [1.29, 1.82) is 0 Å². The Labute approximate surface area is 220 Å². The first-order chi connectivity index (χ1) is 17.7. The highest BCUT2D eigenvalue weighted by atomic mass is 35.5. The van der Waals surface area contributed by atoms with Crippen LogP contribution in [0.15, 0.2) is 30.7 Å². The molecule has 0 radical (unpaired) electrons. The van der Waals surface area contributed by atoms with E-state index in [4.69, 9.17) is 21.1 Å². The fourth-order valence-corrected chi connectivity index (χ4v) is 6.10. The smallest absolute Gasteiger partial charge is 0.233 e. The van der Waals surface area contributed by atoms with Gasteiger partial charge in [0.25, 0.3) is 0 Å². The molecule has 3 fully saturated rings. The molecule has 1 saturated carbocycles. The monoisotopic (exact) mass is 523 g/mol. The molecule has 6 rings (SSSR count). The van der Waals surface area contributed by atoms with E-state index < -0.39 is 0 Å². The molecule has 2 saturated heterocycles. The fraction of sp³-hybridized carbons (Fsp3) is 0.481. The zero-order valence-electron chi connectivity index (χ0n) is 21.3. The number of morpholine rings is 1. The van der Waals surface area contributed by atoms with Gasteiger partial charge in [0.05, 0.1) is 30.5 Å². The van der Waals surface area contributed by atoms with Crippen LogP contribution in [0.4, 0.5) is 0 Å². The molecule has 2 amide bonds. The molecule has 1 N–H and O–H groups in total. The van der Waals surface area contributed by atoms with Gasteiger partial charge < -0.3 is 14.8 Å². The highest BCUT2D eigenvalue weighted by Crippen LogP contribution is 2.63. The molecule has 3 aromatic rings. The van der Waals surface area contributed by atoms with Gasteiger partial charge in [0.1, 0.15) is 30.0 Å². The van der Waals surface area contributed by atoms with Gasteiger partial charge in [0, 0.05) is 29.9 Å². The van der Waals surface area contributed by atoms with Crippen molar-refractivity contribution in [3.8, 4) is 17.0 Å². The standard InChI is InChI=1S/C27H30ClN5O4/c1-14-7-17(28)9-18(24(14)37-15(2)20-10-29-5-6-36-20)23-19-8-16(12-33(19)31-13-30-23)11-32-25(34)21-22(26(32)35)27(21,3)4/h7-9,12-13,15,20-22,29H,5-6,10-11H2,1-4H3/t15-,20?,21?,22?/m1/s1. The molecule has 0 bridgehead atoms. The lowest BCUT2D eigenvalue weighted by Crippen LogP contribution is -2.46. The second-order valence-electron chi connectivity index (χ2n) is 10.9. The van der Waals surface area contributed by atoms with Gasteiger partial charge in [-0.15, -0.1) is 0 Å². The zero-order valence-corrected chi connectivity index (χ0v) is 22.1. The maximum absolute atomic E-state index is 12.9. The van der Waals surface area contributed by atoms with Crippen LogP contribution in [0.25, 0.3) is 16.8 Å². The fourth-order valence-electron chi connectivity index (χ4n) is 5.83. The maximum Gasteiger partial charge on any atom is 0.233 e. The largest absolute Gasteiger partial charge is 0.487 e. The Kier molecular flexibility index (Phi) is 5.78. The van der Waals surface area contributed by atoms with Crippen LogP contribution in [0.1, 0.15) is 31.9 Å². The van der Waals surface area contributed by atoms with E-state index in [1.165, 1.54) is 11.2 Å². The van der Waals surface area contributed by atoms with Gasteiger partial charge in [-0.25, -0.2) is 9.50 Å². The molecule has 4 heterocycles. The maximum atomic E-state index is 12.9. The Bertz CT molecular complexity index is 1390. The lowest BCUT2D eigenvalue weighted by atomic mass is 10.0. The van der Waals surface area contributed by atoms with Gasteiger partial charge >= 0.3 is 0 Å². The Morgan fingerprint density at radius 1 is 1.24 bits per heavy atom. The van der Waals surface area contributed by atoms with Gasteiger partial charge in [-0.05, 0) is 48.6 Å². The van der Waals surface area contributed by atoms with Gasteiger partial charge in [0.15, 0.2) is 0 Å². The van der Waals surface area contributed by atoms with Crippen LogP contribution in [-0.2, 0) is 20.9 Å². The third-order valence-electron chi connectivity index (χ3n) is 7.97. The summed E-state index contributed by atoms with van der Waals surface area (Å²) >= 11 is 6.48. The van der Waals surface area contributed by atoms with E-state index in [1.54, 1.807) is 4.52 Å². The summed E-state index contributed by atoms with van der Waals surface area (Å²) in [5, 5.41) is 8.28. The minimum Gasteiger partial charge on any atom is -0.487 e. The first-order valence-corrected chi connectivity index (χ1v) is 13.0. The lowest BCUT2D eigenvalue weighted by molar-refractivity contribution is -0.143. The molecule has 0 spiro atoms. The van der Waals surface area contributed by atoms with Crippen molar-refractivity contribution in [2.24, 2.45) is 17.3 Å². The number of fused-ring (bicyclic) bond motifs is 2. The van der Waals surface area contributed by atoms with Gasteiger partial charge in [-0.1, -0.05) is 25.4 Å². The third-order valence-corrected chi connectivity index (χ3v) is 8.19. The molecule has 4 atom stereocenters. The highest BCUT2D eigenvalue weighted by Gasteiger charge is 2.72. The predicted octanol–water partition coefficient (Wildman–Crippen LogP) is 3.25. The number of piperidine rings is 1. The summed E-state index contributed by atoms with van der Waals surface area (Å²) in [4.78, 5) is 31.7. The van der Waals surface area contributed by atoms with Crippen LogP contribution in [0.3, 0.4) is 0 Å². The second kappa shape index (κ2) is 8.79. The van der Waals surface area contributed by atoms with E-state index in [0.29, 0.717) is 23.1 Å². The molecule has 37 heavy (non-hydrogen) atoms. The molecule has 2 aromatic heterocycles. The molecule has 194 valence electrons. The van der Waals surface area contributed by atoms with E-state index >= 15 is 0 Å². The molecule has 1 aliphatic carbocycles. The predicted molar refractivity (Wildman–Crippen MR) is 137 cm³/mol. The first kappa shape index (κ1) is 24.3. The number of nitrogens with zero attached hydrogens (tertiary/aromatic N) is 4. The number of benzene rings is 1. The van der Waals surface area contributed by atoms with Crippen LogP contribution in [-0.4, -0.2) is 63.2 Å². The van der Waals surface area contributed by atoms with Crippen molar-refractivity contribution in [1.82, 2.24) is 24.8 Å². The van der Waals surface area contributed by atoms with Crippen molar-refractivity contribution in [3.63, 3.8) is 0 Å². The van der Waals surface area contributed by atoms with Crippen LogP contribution in [0.2, 0.25) is 5.02 Å². The number of halogens is 1. The zero-order chi connectivity index (χ0) is 26.1. The molecule has 3 aliphatic rings. The summed E-state index contributed by atoms with van der Waals surface area (Å²) in [5.41, 5.74) is 3.59. The van der Waals surface area contributed by atoms with Crippen LogP contribution in [0, 0.1) is 24.2 Å². The van der Waals surface area contributed by atoms with Crippen LogP contribution < -0.4 is 10.1 Å². The molecule has 1 aromatic carbocycles. The Balaban J connectivity index is 1.33. The summed E-state index contributed by atoms with van der Waals surface area (Å²) in [6.07, 6.45) is 3.04. The van der Waals surface area contributed by atoms with Gasteiger partial charge in [-0.3, -0.25) is 14.5 Å². The lowest BCUT2D eigenvalue weighted by Gasteiger charge is -2.30. The van der Waals surface area contributed by atoms with Crippen LogP contribution in [0.5, 0.6) is 5.75 Å². The number of imide groups is 1. The van der Waals surface area contributed by atoms with Crippen molar-refractivity contribution in [3.05, 3.63) is 46.9 Å². The molecular formula is C27H30ClN5O4. The summed E-state index contributed by atoms with van der Waals surface area (Å²) < 4.78 is 14.1. The normalized spacial score (nSPS) is 25.4. The summed E-state index contributed by atoms with van der Waals surface area (Å²) in [5.74, 6) is 0.104. The molecule has 10 heteroatoms. The number of hydrogen-bond acceptors (Lipinski definition) is 7. The quantitative estimate of drug-likeness (QED) is 0.495. The summed E-state index contributed by atoms with van der Waals surface area (Å²) in [6.45, 7) is 10.3. The summed E-state index contributed by atoms with van der Waals surface area (Å²) in [7, 11) is 0. The highest BCUT2D eigenvalue weighted by molar-refractivity contribution is 6.31. The van der Waals surface area contributed by atoms with E-state index in [9.17, 15) is 9.59 Å². The minimum absolute atomic E-state index is 0.0753. The SMILES string of the molecule is Cc1cc(Cl)cc(-c2ncnn3cc(CN4C(=O)C5C(C4=O)C5(C)C)cc23)c1O[C@H](C)C1CNCCO1. The van der Waals surface area contributed by atoms with Crippen molar-refractivity contribution >= 4 is 28.9 Å². The van der Waals surface area contributed by atoms with E-state index in [1.807, 2.05) is 52.1 Å². The molecule has 3 unspecified atom stereocenters. The van der Waals surface area contributed by atoms with Crippen molar-refractivity contribution < 1.29 is 19.1 Å². The topological polar surface area (TPSA) is 98.1 Å². The average Bonchev–Trinajstić information content (AvgIpc) is 3.11. The summed E-state index contributed by atoms with van der Waals surface area (Å²) in [6, 6.07) is 5.63. The van der Waals surface area contributed by atoms with E-state index in [2.05, 4.69) is 15.4 Å². The number of rotatable bonds is 6. The number of nitrogens with one attached hydrogen (secondary N) is 1. The van der Waals surface area contributed by atoms with Gasteiger partial charge in [-0.2, -0.15) is 5.10 Å². The molecule has 9 nitrogen and oxygen atoms in total.